The van der Waals surface area contributed by atoms with Gasteiger partial charge in [0.15, 0.2) is 0 Å². The third kappa shape index (κ3) is 3.72. The first-order valence-corrected chi connectivity index (χ1v) is 6.54. The first-order valence-electron chi connectivity index (χ1n) is 5.76. The van der Waals surface area contributed by atoms with Crippen LogP contribution in [0.15, 0.2) is 0 Å². The Hall–Kier alpha value is -0.680. The molecule has 0 aromatic carbocycles. The molecule has 0 saturated heterocycles. The van der Waals surface area contributed by atoms with Gasteiger partial charge in [-0.2, -0.15) is 4.37 Å². The van der Waals surface area contributed by atoms with Gasteiger partial charge in [0.1, 0.15) is 5.82 Å². The lowest BCUT2D eigenvalue weighted by Gasteiger charge is -2.30. The average molecular weight is 242 g/mol. The second-order valence-corrected chi connectivity index (χ2v) is 5.76. The van der Waals surface area contributed by atoms with Crippen LogP contribution in [0, 0.1) is 5.41 Å². The molecule has 1 unspecified atom stereocenters. The van der Waals surface area contributed by atoms with Gasteiger partial charge in [0.25, 0.3) is 0 Å². The minimum absolute atomic E-state index is 0.178. The Balaban J connectivity index is 2.67. The van der Waals surface area contributed by atoms with Crippen LogP contribution in [0.25, 0.3) is 0 Å². The molecule has 0 spiro atoms. The topological polar surface area (TPSA) is 63.8 Å². The molecule has 0 aliphatic rings. The fourth-order valence-electron chi connectivity index (χ4n) is 1.49. The third-order valence-corrected chi connectivity index (χ3v) is 3.27. The fraction of sp³-hybridized carbons (Fsp3) is 0.818. The molecule has 1 heterocycles. The number of nitrogens with one attached hydrogen (secondary N) is 1. The van der Waals surface area contributed by atoms with E-state index in [2.05, 4.69) is 42.4 Å². The molecule has 0 saturated carbocycles. The molecule has 92 valence electrons. The highest BCUT2D eigenvalue weighted by molar-refractivity contribution is 7.09. The Labute approximate surface area is 102 Å². The molecule has 3 N–H and O–H groups in total. The Morgan fingerprint density at radius 1 is 1.44 bits per heavy atom. The summed E-state index contributed by atoms with van der Waals surface area (Å²) in [7, 11) is 0. The summed E-state index contributed by atoms with van der Waals surface area (Å²) in [6, 6.07) is 0.343. The monoisotopic (exact) mass is 242 g/mol. The Bertz CT molecular complexity index is 316. The molecule has 0 aliphatic heterocycles. The zero-order chi connectivity index (χ0) is 12.2. The summed E-state index contributed by atoms with van der Waals surface area (Å²) in [5.74, 6) is 0.910. The maximum atomic E-state index is 5.64. The molecule has 1 atom stereocenters. The van der Waals surface area contributed by atoms with Crippen LogP contribution in [0.2, 0.25) is 0 Å². The predicted molar refractivity (Wildman–Crippen MR) is 69.8 cm³/mol. The Morgan fingerprint density at radius 3 is 2.56 bits per heavy atom. The lowest BCUT2D eigenvalue weighted by molar-refractivity contribution is 0.328. The molecule has 1 aromatic rings. The van der Waals surface area contributed by atoms with Crippen LogP contribution in [0.4, 0.5) is 5.13 Å². The molecule has 1 rings (SSSR count). The second kappa shape index (κ2) is 5.59. The van der Waals surface area contributed by atoms with Crippen molar-refractivity contribution in [3.63, 3.8) is 0 Å². The number of hydrogen-bond donors (Lipinski definition) is 2. The third-order valence-electron chi connectivity index (χ3n) is 2.58. The largest absolute Gasteiger partial charge is 0.357 e. The number of hydrogen-bond acceptors (Lipinski definition) is 5. The van der Waals surface area contributed by atoms with E-state index in [4.69, 9.17) is 5.73 Å². The van der Waals surface area contributed by atoms with Crippen LogP contribution in [-0.2, 0) is 6.42 Å². The standard InChI is InChI=1S/C11H22N4S/c1-5-9-14-10(16-15-9)13-8(6-7-12)11(2,3)4/h8H,5-7,12H2,1-4H3,(H,13,14,15). The van der Waals surface area contributed by atoms with Crippen molar-refractivity contribution >= 4 is 16.7 Å². The number of nitrogens with zero attached hydrogens (tertiary/aromatic N) is 2. The summed E-state index contributed by atoms with van der Waals surface area (Å²) in [6.07, 6.45) is 1.83. The van der Waals surface area contributed by atoms with Crippen LogP contribution in [0.1, 0.15) is 39.9 Å². The van der Waals surface area contributed by atoms with E-state index >= 15 is 0 Å². The summed E-state index contributed by atoms with van der Waals surface area (Å²) in [6.45, 7) is 9.38. The van der Waals surface area contributed by atoms with Gasteiger partial charge < -0.3 is 11.1 Å². The lowest BCUT2D eigenvalue weighted by atomic mass is 9.85. The van der Waals surface area contributed by atoms with Crippen molar-refractivity contribution < 1.29 is 0 Å². The van der Waals surface area contributed by atoms with Gasteiger partial charge in [-0.1, -0.05) is 27.7 Å². The van der Waals surface area contributed by atoms with Crippen molar-refractivity contribution in [3.05, 3.63) is 5.82 Å². The first-order chi connectivity index (χ1) is 7.47. The summed E-state index contributed by atoms with van der Waals surface area (Å²) in [5.41, 5.74) is 5.82. The SMILES string of the molecule is CCc1nsc(NC(CCN)C(C)(C)C)n1. The highest BCUT2D eigenvalue weighted by Gasteiger charge is 2.24. The summed E-state index contributed by atoms with van der Waals surface area (Å²) in [5, 5.41) is 4.35. The van der Waals surface area contributed by atoms with Crippen molar-refractivity contribution in [2.45, 2.75) is 46.6 Å². The highest BCUT2D eigenvalue weighted by atomic mass is 32.1. The molecule has 4 nitrogen and oxygen atoms in total. The van der Waals surface area contributed by atoms with Crippen LogP contribution in [0.3, 0.4) is 0 Å². The fourth-order valence-corrected chi connectivity index (χ4v) is 2.20. The number of aromatic nitrogens is 2. The normalized spacial score (nSPS) is 13.8. The Kier molecular flexibility index (Phi) is 4.68. The first kappa shape index (κ1) is 13.4. The van der Waals surface area contributed by atoms with Gasteiger partial charge in [0, 0.05) is 24.0 Å². The maximum absolute atomic E-state index is 5.64. The zero-order valence-electron chi connectivity index (χ0n) is 10.6. The molecule has 16 heavy (non-hydrogen) atoms. The van der Waals surface area contributed by atoms with Crippen LogP contribution < -0.4 is 11.1 Å². The summed E-state index contributed by atoms with van der Waals surface area (Å²) >= 11 is 1.43. The molecule has 0 aliphatic carbocycles. The van der Waals surface area contributed by atoms with Gasteiger partial charge >= 0.3 is 0 Å². The van der Waals surface area contributed by atoms with E-state index in [0.29, 0.717) is 12.6 Å². The predicted octanol–water partition coefficient (Wildman–Crippen LogP) is 2.28. The van der Waals surface area contributed by atoms with Crippen LogP contribution in [-0.4, -0.2) is 21.9 Å². The smallest absolute Gasteiger partial charge is 0.202 e. The molecule has 0 fully saturated rings. The van der Waals surface area contributed by atoms with Crippen LogP contribution in [0.5, 0.6) is 0 Å². The van der Waals surface area contributed by atoms with Gasteiger partial charge in [-0.3, -0.25) is 0 Å². The van der Waals surface area contributed by atoms with Gasteiger partial charge in [0.2, 0.25) is 5.13 Å². The van der Waals surface area contributed by atoms with E-state index in [0.717, 1.165) is 23.8 Å². The van der Waals surface area contributed by atoms with Crippen molar-refractivity contribution in [2.75, 3.05) is 11.9 Å². The van der Waals surface area contributed by atoms with Crippen molar-refractivity contribution in [1.82, 2.24) is 9.36 Å². The molecule has 1 aromatic heterocycles. The highest BCUT2D eigenvalue weighted by Crippen LogP contribution is 2.26. The zero-order valence-corrected chi connectivity index (χ0v) is 11.4. The van der Waals surface area contributed by atoms with Crippen molar-refractivity contribution in [1.29, 1.82) is 0 Å². The van der Waals surface area contributed by atoms with Gasteiger partial charge in [0.05, 0.1) is 0 Å². The van der Waals surface area contributed by atoms with E-state index in [1.54, 1.807) is 0 Å². The van der Waals surface area contributed by atoms with E-state index in [1.807, 2.05) is 0 Å². The van der Waals surface area contributed by atoms with E-state index in [9.17, 15) is 0 Å². The van der Waals surface area contributed by atoms with Crippen molar-refractivity contribution in [2.24, 2.45) is 11.1 Å². The molecule has 0 radical (unpaired) electrons. The minimum Gasteiger partial charge on any atom is -0.357 e. The minimum atomic E-state index is 0.178. The number of anilines is 1. The van der Waals surface area contributed by atoms with Gasteiger partial charge in [-0.15, -0.1) is 0 Å². The van der Waals surface area contributed by atoms with Gasteiger partial charge in [-0.25, -0.2) is 4.98 Å². The van der Waals surface area contributed by atoms with Gasteiger partial charge in [-0.05, 0) is 18.4 Å². The number of nitrogens with two attached hydrogens (primary N) is 1. The maximum Gasteiger partial charge on any atom is 0.202 e. The average Bonchev–Trinajstić information content (AvgIpc) is 2.63. The molecular weight excluding hydrogens is 220 g/mol. The van der Waals surface area contributed by atoms with E-state index < -0.39 is 0 Å². The van der Waals surface area contributed by atoms with E-state index in [-0.39, 0.29) is 5.41 Å². The second-order valence-electron chi connectivity index (χ2n) is 5.01. The Morgan fingerprint density at radius 2 is 2.12 bits per heavy atom. The number of rotatable bonds is 5. The summed E-state index contributed by atoms with van der Waals surface area (Å²) < 4.78 is 4.27. The van der Waals surface area contributed by atoms with Crippen LogP contribution >= 0.6 is 11.5 Å². The quantitative estimate of drug-likeness (QED) is 0.831. The molecule has 5 heteroatoms. The molecular formula is C11H22N4S. The number of aryl methyl sites for hydroxylation is 1. The lowest BCUT2D eigenvalue weighted by Crippen LogP contribution is -2.35. The van der Waals surface area contributed by atoms with E-state index in [1.165, 1.54) is 11.5 Å². The molecule has 0 bridgehead atoms. The van der Waals surface area contributed by atoms with Crippen molar-refractivity contribution in [3.8, 4) is 0 Å². The summed E-state index contributed by atoms with van der Waals surface area (Å²) in [4.78, 5) is 4.42. The molecule has 0 amide bonds.